The molecule has 0 aliphatic carbocycles. The van der Waals surface area contributed by atoms with Gasteiger partial charge in [-0.25, -0.2) is 0 Å². The molecule has 2 aromatic rings. The molecule has 0 unspecified atom stereocenters. The number of anilines is 1. The molecule has 0 fully saturated rings. The van der Waals surface area contributed by atoms with Crippen LogP contribution in [0.1, 0.15) is 25.0 Å². The molecule has 0 atom stereocenters. The Morgan fingerprint density at radius 2 is 1.55 bits per heavy atom. The first kappa shape index (κ1) is 14.6. The van der Waals surface area contributed by atoms with Gasteiger partial charge in [-0.3, -0.25) is 4.79 Å². The zero-order valence-electron chi connectivity index (χ0n) is 11.9. The minimum Gasteiger partial charge on any atom is -0.325 e. The summed E-state index contributed by atoms with van der Waals surface area (Å²) in [6.45, 7) is 5.87. The summed E-state index contributed by atoms with van der Waals surface area (Å²) in [5.74, 6) is -0.0383. The third-order valence-electron chi connectivity index (χ3n) is 3.44. The van der Waals surface area contributed by atoms with Gasteiger partial charge in [-0.05, 0) is 50.6 Å². The van der Waals surface area contributed by atoms with Crippen LogP contribution in [0, 0.1) is 6.92 Å². The summed E-state index contributed by atoms with van der Waals surface area (Å²) in [6, 6.07) is 15.1. The fourth-order valence-corrected chi connectivity index (χ4v) is 2.05. The summed E-state index contributed by atoms with van der Waals surface area (Å²) in [6.07, 6.45) is 0. The largest absolute Gasteiger partial charge is 0.325 e. The van der Waals surface area contributed by atoms with Crippen molar-refractivity contribution in [1.29, 1.82) is 0 Å². The average Bonchev–Trinajstić information content (AvgIpc) is 2.42. The highest BCUT2D eigenvalue weighted by molar-refractivity contribution is 6.30. The zero-order chi connectivity index (χ0) is 14.8. The van der Waals surface area contributed by atoms with E-state index in [1.54, 1.807) is 24.3 Å². The number of benzene rings is 2. The molecule has 2 nitrogen and oxygen atoms in total. The Labute approximate surface area is 124 Å². The van der Waals surface area contributed by atoms with E-state index in [0.717, 1.165) is 11.3 Å². The summed E-state index contributed by atoms with van der Waals surface area (Å²) in [4.78, 5) is 12.5. The maximum absolute atomic E-state index is 12.5. The fourth-order valence-electron chi connectivity index (χ4n) is 1.92. The lowest BCUT2D eigenvalue weighted by molar-refractivity contribution is -0.120. The molecule has 20 heavy (non-hydrogen) atoms. The van der Waals surface area contributed by atoms with Gasteiger partial charge in [0.15, 0.2) is 0 Å². The topological polar surface area (TPSA) is 29.1 Å². The van der Waals surface area contributed by atoms with Crippen molar-refractivity contribution in [2.75, 3.05) is 5.32 Å². The summed E-state index contributed by atoms with van der Waals surface area (Å²) >= 11 is 5.84. The van der Waals surface area contributed by atoms with Gasteiger partial charge in [0, 0.05) is 10.7 Å². The molecule has 3 heteroatoms. The van der Waals surface area contributed by atoms with Gasteiger partial charge < -0.3 is 5.32 Å². The van der Waals surface area contributed by atoms with Crippen LogP contribution in [0.25, 0.3) is 0 Å². The number of aryl methyl sites for hydroxylation is 1. The van der Waals surface area contributed by atoms with Gasteiger partial charge in [0.1, 0.15) is 0 Å². The van der Waals surface area contributed by atoms with E-state index < -0.39 is 5.41 Å². The number of halogens is 1. The number of hydrogen-bond acceptors (Lipinski definition) is 1. The Hall–Kier alpha value is -1.80. The second-order valence-electron chi connectivity index (χ2n) is 5.45. The number of amides is 1. The van der Waals surface area contributed by atoms with Crippen LogP contribution < -0.4 is 5.32 Å². The summed E-state index contributed by atoms with van der Waals surface area (Å²) in [7, 11) is 0. The maximum Gasteiger partial charge on any atom is 0.234 e. The number of carbonyl (C=O) groups excluding carboxylic acids is 1. The molecule has 0 spiro atoms. The van der Waals surface area contributed by atoms with Crippen LogP contribution in [0.3, 0.4) is 0 Å². The predicted octanol–water partition coefficient (Wildman–Crippen LogP) is 4.56. The van der Waals surface area contributed by atoms with Crippen molar-refractivity contribution >= 4 is 23.2 Å². The van der Waals surface area contributed by atoms with Crippen LogP contribution in [0.15, 0.2) is 48.5 Å². The molecule has 0 saturated heterocycles. The summed E-state index contributed by atoms with van der Waals surface area (Å²) < 4.78 is 0. The molecular weight excluding hydrogens is 270 g/mol. The molecule has 0 aliphatic rings. The second-order valence-corrected chi connectivity index (χ2v) is 5.89. The van der Waals surface area contributed by atoms with Crippen molar-refractivity contribution in [1.82, 2.24) is 0 Å². The number of hydrogen-bond donors (Lipinski definition) is 1. The van der Waals surface area contributed by atoms with Gasteiger partial charge in [0.05, 0.1) is 5.41 Å². The van der Waals surface area contributed by atoms with Crippen LogP contribution in [-0.2, 0) is 10.2 Å². The maximum atomic E-state index is 12.5. The fraction of sp³-hybridized carbons (Fsp3) is 0.235. The normalized spacial score (nSPS) is 11.2. The molecule has 104 valence electrons. The van der Waals surface area contributed by atoms with Crippen LogP contribution in [-0.4, -0.2) is 5.91 Å². The summed E-state index contributed by atoms with van der Waals surface area (Å²) in [5.41, 5.74) is 2.34. The third-order valence-corrected chi connectivity index (χ3v) is 3.69. The van der Waals surface area contributed by atoms with Crippen molar-refractivity contribution < 1.29 is 4.79 Å². The van der Waals surface area contributed by atoms with Crippen molar-refractivity contribution in [3.63, 3.8) is 0 Å². The van der Waals surface area contributed by atoms with E-state index in [0.29, 0.717) is 5.02 Å². The molecule has 2 rings (SSSR count). The lowest BCUT2D eigenvalue weighted by Gasteiger charge is -2.24. The van der Waals surface area contributed by atoms with Crippen LogP contribution in [0.4, 0.5) is 5.69 Å². The minimum atomic E-state index is -0.590. The first-order chi connectivity index (χ1) is 9.39. The van der Waals surface area contributed by atoms with Crippen LogP contribution in [0.2, 0.25) is 5.02 Å². The molecule has 1 amide bonds. The highest BCUT2D eigenvalue weighted by Gasteiger charge is 2.29. The Morgan fingerprint density at radius 3 is 2.10 bits per heavy atom. The van der Waals surface area contributed by atoms with Gasteiger partial charge in [-0.2, -0.15) is 0 Å². The first-order valence-electron chi connectivity index (χ1n) is 6.54. The number of carbonyl (C=O) groups is 1. The summed E-state index contributed by atoms with van der Waals surface area (Å²) in [5, 5.41) is 3.58. The van der Waals surface area contributed by atoms with E-state index in [4.69, 9.17) is 11.6 Å². The lowest BCUT2D eigenvalue weighted by Crippen LogP contribution is -2.34. The second kappa shape index (κ2) is 5.68. The van der Waals surface area contributed by atoms with Gasteiger partial charge in [0.25, 0.3) is 0 Å². The molecule has 0 bridgehead atoms. The van der Waals surface area contributed by atoms with Crippen molar-refractivity contribution in [3.8, 4) is 0 Å². The smallest absolute Gasteiger partial charge is 0.234 e. The van der Waals surface area contributed by atoms with E-state index in [9.17, 15) is 4.79 Å². The number of nitrogens with one attached hydrogen (secondary N) is 1. The Balaban J connectivity index is 2.18. The van der Waals surface area contributed by atoms with Crippen LogP contribution in [0.5, 0.6) is 0 Å². The van der Waals surface area contributed by atoms with Crippen molar-refractivity contribution in [3.05, 3.63) is 64.7 Å². The van der Waals surface area contributed by atoms with Gasteiger partial charge in [0.2, 0.25) is 5.91 Å². The molecule has 0 saturated carbocycles. The molecule has 0 aliphatic heterocycles. The van der Waals surface area contributed by atoms with Crippen molar-refractivity contribution in [2.45, 2.75) is 26.2 Å². The molecular formula is C17H18ClNO. The van der Waals surface area contributed by atoms with E-state index in [-0.39, 0.29) is 5.91 Å². The van der Waals surface area contributed by atoms with E-state index >= 15 is 0 Å². The monoisotopic (exact) mass is 287 g/mol. The highest BCUT2D eigenvalue weighted by Crippen LogP contribution is 2.25. The van der Waals surface area contributed by atoms with Gasteiger partial charge in [-0.1, -0.05) is 41.4 Å². The zero-order valence-corrected chi connectivity index (χ0v) is 12.7. The van der Waals surface area contributed by atoms with E-state index in [2.05, 4.69) is 5.32 Å². The lowest BCUT2D eigenvalue weighted by atomic mass is 9.83. The predicted molar refractivity (Wildman–Crippen MR) is 84.3 cm³/mol. The molecule has 0 aromatic heterocycles. The molecule has 2 aromatic carbocycles. The standard InChI is InChI=1S/C17H18ClNO/c1-12-4-6-13(7-5-12)17(2,3)16(20)19-15-10-8-14(18)9-11-15/h4-11H,1-3H3,(H,19,20). The van der Waals surface area contributed by atoms with E-state index in [1.165, 1.54) is 5.56 Å². The van der Waals surface area contributed by atoms with Crippen molar-refractivity contribution in [2.24, 2.45) is 0 Å². The number of rotatable bonds is 3. The minimum absolute atomic E-state index is 0.0383. The Kier molecular flexibility index (Phi) is 4.15. The average molecular weight is 288 g/mol. The Morgan fingerprint density at radius 1 is 1.00 bits per heavy atom. The molecule has 0 radical (unpaired) electrons. The quantitative estimate of drug-likeness (QED) is 0.880. The van der Waals surface area contributed by atoms with Gasteiger partial charge >= 0.3 is 0 Å². The SMILES string of the molecule is Cc1ccc(C(C)(C)C(=O)Nc2ccc(Cl)cc2)cc1. The van der Waals surface area contributed by atoms with Gasteiger partial charge in [-0.15, -0.1) is 0 Å². The van der Waals surface area contributed by atoms with Crippen LogP contribution >= 0.6 is 11.6 Å². The molecule has 0 heterocycles. The van der Waals surface area contributed by atoms with E-state index in [1.807, 2.05) is 45.0 Å². The first-order valence-corrected chi connectivity index (χ1v) is 6.91. The Bertz CT molecular complexity index is 600. The highest BCUT2D eigenvalue weighted by atomic mass is 35.5. The third kappa shape index (κ3) is 3.20. The molecule has 1 N–H and O–H groups in total.